The molecule has 0 fully saturated rings. The second-order valence-electron chi connectivity index (χ2n) is 10.5. The van der Waals surface area contributed by atoms with Gasteiger partial charge in [-0.1, -0.05) is 39.0 Å². The van der Waals surface area contributed by atoms with E-state index in [4.69, 9.17) is 4.98 Å². The number of nitrogens with one attached hydrogen (secondary N) is 3. The summed E-state index contributed by atoms with van der Waals surface area (Å²) in [6, 6.07) is 13.1. The number of amides is 1. The Labute approximate surface area is 223 Å². The maximum atomic E-state index is 16.1. The van der Waals surface area contributed by atoms with E-state index in [0.717, 1.165) is 16.8 Å². The number of carbonyl (C=O) groups is 1. The summed E-state index contributed by atoms with van der Waals surface area (Å²) in [7, 11) is 0. The van der Waals surface area contributed by atoms with Crippen LogP contribution in [0.2, 0.25) is 0 Å². The van der Waals surface area contributed by atoms with Crippen LogP contribution in [-0.4, -0.2) is 41.0 Å². The van der Waals surface area contributed by atoms with Crippen LogP contribution in [0, 0.1) is 11.2 Å². The summed E-state index contributed by atoms with van der Waals surface area (Å²) in [5, 5.41) is 10.3. The molecule has 3 N–H and O–H groups in total. The topological polar surface area (TPSA) is 125 Å². The third-order valence-corrected chi connectivity index (χ3v) is 6.21. The third kappa shape index (κ3) is 4.72. The fraction of sp³-hybridized carbons (Fsp3) is 0.172. The van der Waals surface area contributed by atoms with Gasteiger partial charge in [-0.25, -0.2) is 9.37 Å². The monoisotopic (exact) mass is 520 g/mol. The summed E-state index contributed by atoms with van der Waals surface area (Å²) >= 11 is 0. The maximum Gasteiger partial charge on any atom is 0.224 e. The molecule has 0 aliphatic rings. The molecule has 1 aromatic carbocycles. The number of aromatic nitrogens is 7. The van der Waals surface area contributed by atoms with E-state index in [1.807, 2.05) is 57.2 Å². The molecule has 10 heteroatoms. The van der Waals surface area contributed by atoms with Gasteiger partial charge in [0.1, 0.15) is 11.4 Å². The van der Waals surface area contributed by atoms with Crippen molar-refractivity contribution in [1.82, 2.24) is 35.1 Å². The second-order valence-corrected chi connectivity index (χ2v) is 10.5. The molecule has 6 rings (SSSR count). The summed E-state index contributed by atoms with van der Waals surface area (Å²) < 4.78 is 16.1. The number of nitrogens with zero attached hydrogens (tertiary/aromatic N) is 5. The summed E-state index contributed by atoms with van der Waals surface area (Å²) in [5.74, 6) is -0.295. The zero-order valence-electron chi connectivity index (χ0n) is 21.6. The molecule has 6 aromatic rings. The van der Waals surface area contributed by atoms with Crippen molar-refractivity contribution in [3.05, 3.63) is 73.1 Å². The van der Waals surface area contributed by atoms with E-state index in [1.165, 1.54) is 18.6 Å². The standard InChI is InChI=1S/C29H25FN8O/c1-29(2,3)12-22(39)34-17-11-16(13-31-14-17)25-24(30)23-21(15-33-25)37-38-27(23)28-35-20-9-6-7-18(26(20)36-28)19-8-4-5-10-32-19/h4-11,13-15H,12H2,1-3H3,(H,34,39)(H,35,36)(H,37,38). The fourth-order valence-corrected chi connectivity index (χ4v) is 4.55. The van der Waals surface area contributed by atoms with Gasteiger partial charge < -0.3 is 10.3 Å². The van der Waals surface area contributed by atoms with Gasteiger partial charge in [-0.2, -0.15) is 5.10 Å². The smallest absolute Gasteiger partial charge is 0.224 e. The lowest BCUT2D eigenvalue weighted by molar-refractivity contribution is -0.117. The van der Waals surface area contributed by atoms with Gasteiger partial charge in [-0.05, 0) is 29.7 Å². The van der Waals surface area contributed by atoms with Crippen LogP contribution in [0.3, 0.4) is 0 Å². The number of rotatable bonds is 5. The summed E-state index contributed by atoms with van der Waals surface area (Å²) in [6.07, 6.45) is 6.63. The van der Waals surface area contributed by atoms with Gasteiger partial charge in [0.05, 0.1) is 45.7 Å². The normalized spacial score (nSPS) is 11.8. The highest BCUT2D eigenvalue weighted by Gasteiger charge is 2.22. The summed E-state index contributed by atoms with van der Waals surface area (Å²) in [4.78, 5) is 33.4. The number of hydrogen-bond donors (Lipinski definition) is 3. The lowest BCUT2D eigenvalue weighted by Gasteiger charge is -2.17. The number of halogens is 1. The molecule has 0 aliphatic carbocycles. The highest BCUT2D eigenvalue weighted by molar-refractivity contribution is 5.98. The minimum atomic E-state index is -0.568. The number of fused-ring (bicyclic) bond motifs is 2. The van der Waals surface area contributed by atoms with Crippen molar-refractivity contribution in [3.8, 4) is 34.0 Å². The molecule has 9 nitrogen and oxygen atoms in total. The molecule has 1 amide bonds. The van der Waals surface area contributed by atoms with Crippen LogP contribution in [0.4, 0.5) is 10.1 Å². The third-order valence-electron chi connectivity index (χ3n) is 6.21. The Morgan fingerprint density at radius 2 is 1.87 bits per heavy atom. The largest absolute Gasteiger partial charge is 0.337 e. The summed E-state index contributed by atoms with van der Waals surface area (Å²) in [6.45, 7) is 5.96. The Bertz CT molecular complexity index is 1840. The van der Waals surface area contributed by atoms with E-state index < -0.39 is 5.82 Å². The average Bonchev–Trinajstić information content (AvgIpc) is 3.53. The predicted octanol–water partition coefficient (Wildman–Crippen LogP) is 6.14. The molecule has 0 saturated carbocycles. The molecule has 194 valence electrons. The van der Waals surface area contributed by atoms with Crippen LogP contribution >= 0.6 is 0 Å². The lowest BCUT2D eigenvalue weighted by atomic mass is 9.92. The lowest BCUT2D eigenvalue weighted by Crippen LogP contribution is -2.19. The van der Waals surface area contributed by atoms with Gasteiger partial charge in [0, 0.05) is 29.9 Å². The van der Waals surface area contributed by atoms with Gasteiger partial charge >= 0.3 is 0 Å². The Kier molecular flexibility index (Phi) is 5.86. The van der Waals surface area contributed by atoms with E-state index in [-0.39, 0.29) is 22.4 Å². The minimum Gasteiger partial charge on any atom is -0.337 e. The molecule has 5 heterocycles. The zero-order chi connectivity index (χ0) is 27.1. The number of aromatic amines is 2. The van der Waals surface area contributed by atoms with Crippen LogP contribution in [0.25, 0.3) is 56.0 Å². The van der Waals surface area contributed by atoms with E-state index in [2.05, 4.69) is 35.5 Å². The van der Waals surface area contributed by atoms with Crippen molar-refractivity contribution in [3.63, 3.8) is 0 Å². The van der Waals surface area contributed by atoms with Crippen molar-refractivity contribution in [2.45, 2.75) is 27.2 Å². The zero-order valence-corrected chi connectivity index (χ0v) is 21.6. The Morgan fingerprint density at radius 3 is 2.67 bits per heavy atom. The van der Waals surface area contributed by atoms with E-state index in [9.17, 15) is 4.79 Å². The van der Waals surface area contributed by atoms with Crippen molar-refractivity contribution >= 4 is 33.5 Å². The molecule has 0 radical (unpaired) electrons. The highest BCUT2D eigenvalue weighted by Crippen LogP contribution is 2.34. The Hall–Kier alpha value is -4.99. The van der Waals surface area contributed by atoms with E-state index in [0.29, 0.717) is 40.2 Å². The number of para-hydroxylation sites is 1. The number of hydrogen-bond acceptors (Lipinski definition) is 6. The molecular formula is C29H25FN8O. The van der Waals surface area contributed by atoms with Crippen LogP contribution in [0.5, 0.6) is 0 Å². The molecule has 0 atom stereocenters. The van der Waals surface area contributed by atoms with E-state index in [1.54, 1.807) is 12.3 Å². The molecule has 0 unspecified atom stereocenters. The first-order valence-electron chi connectivity index (χ1n) is 12.5. The first kappa shape index (κ1) is 24.4. The molecule has 5 aromatic heterocycles. The number of anilines is 1. The Balaban J connectivity index is 1.40. The second kappa shape index (κ2) is 9.39. The number of carbonyl (C=O) groups excluding carboxylic acids is 1. The molecule has 0 bridgehead atoms. The van der Waals surface area contributed by atoms with Crippen molar-refractivity contribution in [2.24, 2.45) is 5.41 Å². The SMILES string of the molecule is CC(C)(C)CC(=O)Nc1cncc(-c2ncc3[nH]nc(-c4nc5c(-c6ccccn6)cccc5[nH]4)c3c2F)c1. The van der Waals surface area contributed by atoms with E-state index >= 15 is 4.39 Å². The van der Waals surface area contributed by atoms with Gasteiger partial charge in [-0.3, -0.25) is 24.8 Å². The van der Waals surface area contributed by atoms with Crippen molar-refractivity contribution < 1.29 is 9.18 Å². The molecule has 0 spiro atoms. The average molecular weight is 521 g/mol. The maximum absolute atomic E-state index is 16.1. The van der Waals surface area contributed by atoms with Crippen LogP contribution < -0.4 is 5.32 Å². The van der Waals surface area contributed by atoms with Crippen LogP contribution in [-0.2, 0) is 4.79 Å². The van der Waals surface area contributed by atoms with Crippen LogP contribution in [0.15, 0.2) is 67.3 Å². The predicted molar refractivity (Wildman–Crippen MR) is 148 cm³/mol. The van der Waals surface area contributed by atoms with Crippen molar-refractivity contribution in [1.29, 1.82) is 0 Å². The minimum absolute atomic E-state index is 0.0925. The Morgan fingerprint density at radius 1 is 1.00 bits per heavy atom. The molecule has 39 heavy (non-hydrogen) atoms. The number of pyridine rings is 3. The molecule has 0 saturated heterocycles. The summed E-state index contributed by atoms with van der Waals surface area (Å²) in [5.41, 5.74) is 4.71. The van der Waals surface area contributed by atoms with Gasteiger partial charge in [-0.15, -0.1) is 0 Å². The van der Waals surface area contributed by atoms with Gasteiger partial charge in [0.25, 0.3) is 0 Å². The fourth-order valence-electron chi connectivity index (χ4n) is 4.55. The highest BCUT2D eigenvalue weighted by atomic mass is 19.1. The number of benzene rings is 1. The molecular weight excluding hydrogens is 495 g/mol. The van der Waals surface area contributed by atoms with Crippen molar-refractivity contribution in [2.75, 3.05) is 5.32 Å². The van der Waals surface area contributed by atoms with Gasteiger partial charge in [0.15, 0.2) is 11.6 Å². The quantitative estimate of drug-likeness (QED) is 0.251. The number of H-pyrrole nitrogens is 2. The van der Waals surface area contributed by atoms with Crippen LogP contribution in [0.1, 0.15) is 27.2 Å². The van der Waals surface area contributed by atoms with Gasteiger partial charge in [0.2, 0.25) is 5.91 Å². The first-order valence-corrected chi connectivity index (χ1v) is 12.5. The molecule has 0 aliphatic heterocycles. The first-order chi connectivity index (χ1) is 18.8. The number of imidazole rings is 1.